The second-order valence-corrected chi connectivity index (χ2v) is 2.39. The lowest BCUT2D eigenvalue weighted by molar-refractivity contribution is -0.112. The maximum absolute atomic E-state index is 10.5. The molecule has 0 rings (SSSR count). The molecule has 12 heavy (non-hydrogen) atoms. The predicted octanol–water partition coefficient (Wildman–Crippen LogP) is 0.533. The molecule has 68 valence electrons. The maximum atomic E-state index is 10.5. The highest BCUT2D eigenvalue weighted by atomic mass is 16.1. The van der Waals surface area contributed by atoms with Crippen LogP contribution in [0, 0.1) is 0 Å². The summed E-state index contributed by atoms with van der Waals surface area (Å²) in [6, 6.07) is 0. The smallest absolute Gasteiger partial charge is 0.283 e. The van der Waals surface area contributed by atoms with Gasteiger partial charge < -0.3 is 11.5 Å². The standard InChI is InChI=1S/C8H15N3O/c1-3-5-6(4-2)11-7(9)8(10)12/h4H,3,5H2,1-2H3,(H2,9,11)(H2,10,12)/b6-4-. The lowest BCUT2D eigenvalue weighted by Crippen LogP contribution is -2.30. The van der Waals surface area contributed by atoms with E-state index in [1.165, 1.54) is 0 Å². The Morgan fingerprint density at radius 3 is 2.42 bits per heavy atom. The summed E-state index contributed by atoms with van der Waals surface area (Å²) in [5, 5.41) is 0. The van der Waals surface area contributed by atoms with E-state index in [-0.39, 0.29) is 5.84 Å². The maximum Gasteiger partial charge on any atom is 0.283 e. The zero-order chi connectivity index (χ0) is 9.56. The van der Waals surface area contributed by atoms with Gasteiger partial charge in [0.25, 0.3) is 5.91 Å². The minimum absolute atomic E-state index is 0.128. The van der Waals surface area contributed by atoms with Gasteiger partial charge in [-0.1, -0.05) is 19.4 Å². The molecule has 4 N–H and O–H groups in total. The van der Waals surface area contributed by atoms with Crippen molar-refractivity contribution in [3.05, 3.63) is 11.8 Å². The average molecular weight is 169 g/mol. The number of carbonyl (C=O) groups is 1. The molecule has 0 aromatic heterocycles. The molecule has 0 bridgehead atoms. The third-order valence-electron chi connectivity index (χ3n) is 1.36. The normalized spacial score (nSPS) is 13.2. The topological polar surface area (TPSA) is 81.5 Å². The van der Waals surface area contributed by atoms with Gasteiger partial charge in [0.15, 0.2) is 5.84 Å². The summed E-state index contributed by atoms with van der Waals surface area (Å²) in [5.74, 6) is -0.804. The van der Waals surface area contributed by atoms with Crippen molar-refractivity contribution in [3.8, 4) is 0 Å². The molecule has 0 aromatic carbocycles. The van der Waals surface area contributed by atoms with E-state index in [4.69, 9.17) is 11.5 Å². The number of nitrogens with two attached hydrogens (primary N) is 2. The quantitative estimate of drug-likeness (QED) is 0.477. The Labute approximate surface area is 72.3 Å². The van der Waals surface area contributed by atoms with E-state index in [2.05, 4.69) is 4.99 Å². The number of primary amides is 1. The Kier molecular flexibility index (Phi) is 4.76. The largest absolute Gasteiger partial charge is 0.379 e. The summed E-state index contributed by atoms with van der Waals surface area (Å²) in [5.41, 5.74) is 11.0. The zero-order valence-corrected chi connectivity index (χ0v) is 7.50. The predicted molar refractivity (Wildman–Crippen MR) is 49.5 cm³/mol. The van der Waals surface area contributed by atoms with Crippen molar-refractivity contribution < 1.29 is 4.79 Å². The average Bonchev–Trinajstić information content (AvgIpc) is 2.03. The first-order valence-corrected chi connectivity index (χ1v) is 3.91. The highest BCUT2D eigenvalue weighted by Crippen LogP contribution is 2.05. The van der Waals surface area contributed by atoms with E-state index in [1.54, 1.807) is 0 Å². The van der Waals surface area contributed by atoms with Gasteiger partial charge in [0.05, 0.1) is 0 Å². The van der Waals surface area contributed by atoms with Crippen molar-refractivity contribution >= 4 is 11.7 Å². The number of carbonyl (C=O) groups excluding carboxylic acids is 1. The van der Waals surface area contributed by atoms with E-state index in [0.717, 1.165) is 18.5 Å². The van der Waals surface area contributed by atoms with Crippen LogP contribution >= 0.6 is 0 Å². The lowest BCUT2D eigenvalue weighted by Gasteiger charge is -1.98. The fraction of sp³-hybridized carbons (Fsp3) is 0.500. The number of amides is 1. The number of allylic oxidation sites excluding steroid dienone is 2. The number of aliphatic imine (C=N–C) groups is 1. The monoisotopic (exact) mass is 169 g/mol. The second-order valence-electron chi connectivity index (χ2n) is 2.39. The number of hydrogen-bond donors (Lipinski definition) is 2. The van der Waals surface area contributed by atoms with E-state index in [9.17, 15) is 4.79 Å². The minimum atomic E-state index is -0.676. The van der Waals surface area contributed by atoms with Gasteiger partial charge in [-0.25, -0.2) is 4.99 Å². The first kappa shape index (κ1) is 10.7. The fourth-order valence-corrected chi connectivity index (χ4v) is 0.731. The molecule has 0 aliphatic rings. The van der Waals surface area contributed by atoms with E-state index in [0.29, 0.717) is 0 Å². The Balaban J connectivity index is 4.37. The third kappa shape index (κ3) is 3.75. The SMILES string of the molecule is C/C=C(/CCC)N=C(N)C(N)=O. The van der Waals surface area contributed by atoms with Crippen molar-refractivity contribution in [2.75, 3.05) is 0 Å². The van der Waals surface area contributed by atoms with Gasteiger partial charge in [-0.3, -0.25) is 4.79 Å². The number of hydrogen-bond acceptors (Lipinski definition) is 2. The molecule has 0 heterocycles. The van der Waals surface area contributed by atoms with Crippen LogP contribution in [-0.4, -0.2) is 11.7 Å². The van der Waals surface area contributed by atoms with Crippen LogP contribution in [0.15, 0.2) is 16.8 Å². The molecule has 0 aliphatic carbocycles. The van der Waals surface area contributed by atoms with Crippen LogP contribution in [-0.2, 0) is 4.79 Å². The van der Waals surface area contributed by atoms with Crippen LogP contribution in [0.2, 0.25) is 0 Å². The van der Waals surface area contributed by atoms with Crippen LogP contribution in [0.3, 0.4) is 0 Å². The Hall–Kier alpha value is -1.32. The van der Waals surface area contributed by atoms with E-state index < -0.39 is 5.91 Å². The van der Waals surface area contributed by atoms with Gasteiger partial charge in [-0.15, -0.1) is 0 Å². The van der Waals surface area contributed by atoms with Crippen LogP contribution in [0.1, 0.15) is 26.7 Å². The molecule has 0 aromatic rings. The molecular formula is C8H15N3O. The van der Waals surface area contributed by atoms with Crippen LogP contribution in [0.4, 0.5) is 0 Å². The molecule has 0 saturated heterocycles. The summed E-state index contributed by atoms with van der Waals surface area (Å²) in [7, 11) is 0. The summed E-state index contributed by atoms with van der Waals surface area (Å²) in [4.78, 5) is 14.4. The Bertz CT molecular complexity index is 218. The van der Waals surface area contributed by atoms with Crippen LogP contribution in [0.5, 0.6) is 0 Å². The highest BCUT2D eigenvalue weighted by molar-refractivity contribution is 6.36. The van der Waals surface area contributed by atoms with E-state index >= 15 is 0 Å². The molecular weight excluding hydrogens is 154 g/mol. The Morgan fingerprint density at radius 1 is 1.50 bits per heavy atom. The van der Waals surface area contributed by atoms with Crippen molar-refractivity contribution in [1.82, 2.24) is 0 Å². The van der Waals surface area contributed by atoms with Gasteiger partial charge >= 0.3 is 0 Å². The molecule has 0 aliphatic heterocycles. The third-order valence-corrected chi connectivity index (χ3v) is 1.36. The molecule has 1 amide bonds. The summed E-state index contributed by atoms with van der Waals surface area (Å²) >= 11 is 0. The molecule has 0 saturated carbocycles. The van der Waals surface area contributed by atoms with Crippen molar-refractivity contribution in [1.29, 1.82) is 0 Å². The number of rotatable bonds is 3. The highest BCUT2D eigenvalue weighted by Gasteiger charge is 2.00. The summed E-state index contributed by atoms with van der Waals surface area (Å²) in [6.07, 6.45) is 3.60. The number of amidine groups is 1. The minimum Gasteiger partial charge on any atom is -0.379 e. The molecule has 0 spiro atoms. The van der Waals surface area contributed by atoms with Crippen molar-refractivity contribution in [2.24, 2.45) is 16.5 Å². The van der Waals surface area contributed by atoms with Gasteiger partial charge in [0.2, 0.25) is 0 Å². The van der Waals surface area contributed by atoms with Gasteiger partial charge in [0.1, 0.15) is 0 Å². The number of nitrogens with zero attached hydrogens (tertiary/aromatic N) is 1. The molecule has 0 unspecified atom stereocenters. The van der Waals surface area contributed by atoms with Crippen molar-refractivity contribution in [2.45, 2.75) is 26.7 Å². The molecule has 4 nitrogen and oxygen atoms in total. The van der Waals surface area contributed by atoms with Crippen molar-refractivity contribution in [3.63, 3.8) is 0 Å². The van der Waals surface area contributed by atoms with E-state index in [1.807, 2.05) is 19.9 Å². The molecule has 0 radical (unpaired) electrons. The first-order valence-electron chi connectivity index (χ1n) is 3.91. The lowest BCUT2D eigenvalue weighted by atomic mass is 10.2. The van der Waals surface area contributed by atoms with Gasteiger partial charge in [0, 0.05) is 5.70 Å². The Morgan fingerprint density at radius 2 is 2.08 bits per heavy atom. The van der Waals surface area contributed by atoms with Crippen LogP contribution < -0.4 is 11.5 Å². The fourth-order valence-electron chi connectivity index (χ4n) is 0.731. The first-order chi connectivity index (χ1) is 5.61. The van der Waals surface area contributed by atoms with Crippen LogP contribution in [0.25, 0.3) is 0 Å². The van der Waals surface area contributed by atoms with Gasteiger partial charge in [-0.05, 0) is 13.3 Å². The molecule has 0 atom stereocenters. The second kappa shape index (κ2) is 5.35. The van der Waals surface area contributed by atoms with Gasteiger partial charge in [-0.2, -0.15) is 0 Å². The molecule has 0 fully saturated rings. The zero-order valence-electron chi connectivity index (χ0n) is 7.50. The summed E-state index contributed by atoms with van der Waals surface area (Å²) in [6.45, 7) is 3.88. The summed E-state index contributed by atoms with van der Waals surface area (Å²) < 4.78 is 0. The molecule has 4 heteroatoms.